The summed E-state index contributed by atoms with van der Waals surface area (Å²) in [5.74, 6) is 0.896. The predicted octanol–water partition coefficient (Wildman–Crippen LogP) is 4.87. The van der Waals surface area contributed by atoms with E-state index in [1.807, 2.05) is 61.0 Å². The van der Waals surface area contributed by atoms with Gasteiger partial charge in [0, 0.05) is 37.3 Å². The van der Waals surface area contributed by atoms with Gasteiger partial charge in [0.2, 0.25) is 0 Å². The Morgan fingerprint density at radius 2 is 1.64 bits per heavy atom. The second-order valence-corrected chi connectivity index (χ2v) is 7.29. The van der Waals surface area contributed by atoms with Gasteiger partial charge in [-0.05, 0) is 24.3 Å². The smallest absolute Gasteiger partial charge is 0.166 e. The molecule has 2 aromatic heterocycles. The molecular formula is C22H22ClN5. The van der Waals surface area contributed by atoms with Crippen LogP contribution in [-0.4, -0.2) is 39.2 Å². The molecule has 0 aliphatic heterocycles. The number of likely N-dealkylation sites (N-methyl/N-ethyl adjacent to an activating group) is 1. The predicted molar refractivity (Wildman–Crippen MR) is 116 cm³/mol. The van der Waals surface area contributed by atoms with Crippen molar-refractivity contribution in [2.75, 3.05) is 25.5 Å². The molecule has 0 radical (unpaired) electrons. The minimum absolute atomic E-state index is 0.701. The second kappa shape index (κ2) is 8.00. The van der Waals surface area contributed by atoms with Crippen LogP contribution in [0.3, 0.4) is 0 Å². The van der Waals surface area contributed by atoms with Crippen LogP contribution in [0.5, 0.6) is 0 Å². The fourth-order valence-corrected chi connectivity index (χ4v) is 3.37. The van der Waals surface area contributed by atoms with Crippen molar-refractivity contribution in [1.29, 1.82) is 0 Å². The molecule has 0 saturated carbocycles. The Bertz CT molecular complexity index is 1070. The summed E-state index contributed by atoms with van der Waals surface area (Å²) >= 11 is 5.96. The number of halogens is 1. The van der Waals surface area contributed by atoms with Crippen LogP contribution in [0.1, 0.15) is 5.69 Å². The molecule has 6 heteroatoms. The number of aryl methyl sites for hydroxylation is 1. The van der Waals surface area contributed by atoms with Gasteiger partial charge >= 0.3 is 0 Å². The van der Waals surface area contributed by atoms with Gasteiger partial charge in [-0.3, -0.25) is 0 Å². The van der Waals surface area contributed by atoms with E-state index in [2.05, 4.69) is 29.6 Å². The van der Waals surface area contributed by atoms with Gasteiger partial charge in [0.15, 0.2) is 5.65 Å². The Morgan fingerprint density at radius 1 is 1.00 bits per heavy atom. The zero-order valence-electron chi connectivity index (χ0n) is 15.9. The first-order valence-corrected chi connectivity index (χ1v) is 9.59. The minimum Gasteiger partial charge on any atom is -0.369 e. The fraction of sp³-hybridized carbons (Fsp3) is 0.182. The number of nitrogens with zero attached hydrogens (tertiary/aromatic N) is 4. The quantitative estimate of drug-likeness (QED) is 0.476. The van der Waals surface area contributed by atoms with Gasteiger partial charge in [-0.25, -0.2) is 9.40 Å². The zero-order valence-corrected chi connectivity index (χ0v) is 16.7. The van der Waals surface area contributed by atoms with Crippen molar-refractivity contribution >= 4 is 23.2 Å². The standard InChI is InChI=1S/C22H22ClN5/c1-16-21(18-11-7-4-8-12-18)22-25-19(17-9-5-3-6-10-17)15-20(28(22)26-16)24-13-14-27(2)23/h3-12,15,24H,13-14H2,1-2H3. The van der Waals surface area contributed by atoms with Crippen LogP contribution in [0.2, 0.25) is 0 Å². The van der Waals surface area contributed by atoms with E-state index in [9.17, 15) is 0 Å². The number of aromatic nitrogens is 3. The lowest BCUT2D eigenvalue weighted by atomic mass is 10.1. The van der Waals surface area contributed by atoms with Crippen molar-refractivity contribution < 1.29 is 0 Å². The number of rotatable bonds is 6. The molecule has 0 saturated heterocycles. The lowest BCUT2D eigenvalue weighted by Crippen LogP contribution is -2.18. The SMILES string of the molecule is Cc1nn2c(NCCN(C)Cl)cc(-c3ccccc3)nc2c1-c1ccccc1. The molecule has 0 aliphatic rings. The molecule has 0 fully saturated rings. The zero-order chi connectivity index (χ0) is 19.5. The van der Waals surface area contributed by atoms with Crippen LogP contribution in [0.4, 0.5) is 5.82 Å². The second-order valence-electron chi connectivity index (χ2n) is 6.71. The van der Waals surface area contributed by atoms with Crippen LogP contribution in [0, 0.1) is 6.92 Å². The highest BCUT2D eigenvalue weighted by Gasteiger charge is 2.17. The highest BCUT2D eigenvalue weighted by atomic mass is 35.5. The average molecular weight is 392 g/mol. The van der Waals surface area contributed by atoms with Crippen molar-refractivity contribution in [3.8, 4) is 22.4 Å². The molecule has 0 aliphatic carbocycles. The molecule has 28 heavy (non-hydrogen) atoms. The molecule has 0 atom stereocenters. The van der Waals surface area contributed by atoms with Gasteiger partial charge in [-0.15, -0.1) is 0 Å². The number of hydrogen-bond acceptors (Lipinski definition) is 4. The summed E-state index contributed by atoms with van der Waals surface area (Å²) in [6.07, 6.45) is 0. The summed E-state index contributed by atoms with van der Waals surface area (Å²) in [4.78, 5) is 4.97. The van der Waals surface area contributed by atoms with Gasteiger partial charge in [0.1, 0.15) is 5.82 Å². The third kappa shape index (κ3) is 3.72. The van der Waals surface area contributed by atoms with Crippen LogP contribution in [0.25, 0.3) is 28.0 Å². The summed E-state index contributed by atoms with van der Waals surface area (Å²) < 4.78 is 3.52. The maximum absolute atomic E-state index is 5.96. The average Bonchev–Trinajstić information content (AvgIpc) is 3.05. The van der Waals surface area contributed by atoms with Gasteiger partial charge in [0.25, 0.3) is 0 Å². The van der Waals surface area contributed by atoms with E-state index in [0.29, 0.717) is 13.1 Å². The maximum atomic E-state index is 5.96. The van der Waals surface area contributed by atoms with E-state index in [1.165, 1.54) is 0 Å². The number of anilines is 1. The van der Waals surface area contributed by atoms with E-state index in [4.69, 9.17) is 21.9 Å². The number of nitrogens with one attached hydrogen (secondary N) is 1. The topological polar surface area (TPSA) is 45.5 Å². The van der Waals surface area contributed by atoms with E-state index in [1.54, 1.807) is 4.42 Å². The van der Waals surface area contributed by atoms with Crippen molar-refractivity contribution in [1.82, 2.24) is 19.0 Å². The summed E-state index contributed by atoms with van der Waals surface area (Å²) in [5, 5.41) is 8.22. The molecule has 0 amide bonds. The molecule has 4 rings (SSSR count). The Morgan fingerprint density at radius 3 is 2.29 bits per heavy atom. The Balaban J connectivity index is 1.89. The number of hydrogen-bond donors (Lipinski definition) is 1. The summed E-state index contributed by atoms with van der Waals surface area (Å²) in [6.45, 7) is 3.43. The minimum atomic E-state index is 0.701. The first-order valence-electron chi connectivity index (χ1n) is 9.25. The number of benzene rings is 2. The van der Waals surface area contributed by atoms with Gasteiger partial charge in [0.05, 0.1) is 11.4 Å². The van der Waals surface area contributed by atoms with Crippen molar-refractivity contribution in [2.45, 2.75) is 6.92 Å². The van der Waals surface area contributed by atoms with Crippen molar-refractivity contribution in [2.24, 2.45) is 0 Å². The molecule has 2 aromatic carbocycles. The molecule has 142 valence electrons. The van der Waals surface area contributed by atoms with Gasteiger partial charge in [-0.2, -0.15) is 9.61 Å². The fourth-order valence-electron chi connectivity index (χ4n) is 3.29. The van der Waals surface area contributed by atoms with Crippen LogP contribution in [-0.2, 0) is 0 Å². The van der Waals surface area contributed by atoms with Crippen molar-refractivity contribution in [3.05, 3.63) is 72.4 Å². The lowest BCUT2D eigenvalue weighted by molar-refractivity contribution is 0.567. The van der Waals surface area contributed by atoms with E-state index in [-0.39, 0.29) is 0 Å². The van der Waals surface area contributed by atoms with Gasteiger partial charge < -0.3 is 5.32 Å². The highest BCUT2D eigenvalue weighted by molar-refractivity contribution is 6.13. The normalized spacial score (nSPS) is 11.3. The monoisotopic (exact) mass is 391 g/mol. The Kier molecular flexibility index (Phi) is 5.28. The first kappa shape index (κ1) is 18.5. The molecule has 2 heterocycles. The summed E-state index contributed by atoms with van der Waals surface area (Å²) in [5.41, 5.74) is 5.93. The largest absolute Gasteiger partial charge is 0.369 e. The van der Waals surface area contributed by atoms with Crippen LogP contribution < -0.4 is 5.32 Å². The Hall–Kier alpha value is -2.89. The van der Waals surface area contributed by atoms with E-state index >= 15 is 0 Å². The highest BCUT2D eigenvalue weighted by Crippen LogP contribution is 2.31. The third-order valence-electron chi connectivity index (χ3n) is 4.62. The number of fused-ring (bicyclic) bond motifs is 1. The van der Waals surface area contributed by atoms with Crippen molar-refractivity contribution in [3.63, 3.8) is 0 Å². The Labute approximate surface area is 169 Å². The molecular weight excluding hydrogens is 370 g/mol. The van der Waals surface area contributed by atoms with E-state index in [0.717, 1.165) is 39.5 Å². The molecule has 5 nitrogen and oxygen atoms in total. The van der Waals surface area contributed by atoms with Crippen LogP contribution >= 0.6 is 11.8 Å². The maximum Gasteiger partial charge on any atom is 0.166 e. The molecule has 1 N–H and O–H groups in total. The van der Waals surface area contributed by atoms with Gasteiger partial charge in [-0.1, -0.05) is 60.7 Å². The summed E-state index contributed by atoms with van der Waals surface area (Å²) in [6, 6.07) is 22.5. The first-order chi connectivity index (χ1) is 13.6. The molecule has 0 bridgehead atoms. The molecule has 0 unspecified atom stereocenters. The molecule has 0 spiro atoms. The van der Waals surface area contributed by atoms with Crippen LogP contribution in [0.15, 0.2) is 66.7 Å². The lowest BCUT2D eigenvalue weighted by Gasteiger charge is -2.12. The van der Waals surface area contributed by atoms with E-state index < -0.39 is 0 Å². The molecule has 4 aromatic rings. The third-order valence-corrected chi connectivity index (χ3v) is 4.79. The summed E-state index contributed by atoms with van der Waals surface area (Å²) in [7, 11) is 1.84.